The van der Waals surface area contributed by atoms with E-state index in [0.29, 0.717) is 108 Å². The number of hydrogen-bond acceptors (Lipinski definition) is 9. The molecule has 7 aromatic rings. The number of benzene rings is 7. The Morgan fingerprint density at radius 2 is 0.549 bits per heavy atom. The average Bonchev–Trinajstić information content (AvgIpc) is 0.797. The summed E-state index contributed by atoms with van der Waals surface area (Å²) in [5, 5.41) is 18.8. The molecule has 0 saturated heterocycles. The van der Waals surface area contributed by atoms with Crippen molar-refractivity contribution in [2.45, 2.75) is 212 Å². The van der Waals surface area contributed by atoms with E-state index in [9.17, 15) is 28.8 Å². The molecule has 540 valence electrons. The minimum absolute atomic E-state index is 0.138. The van der Waals surface area contributed by atoms with Gasteiger partial charge in [-0.15, -0.1) is 0 Å². The molecule has 3 saturated carbocycles. The first-order chi connectivity index (χ1) is 49.7. The fraction of sp³-hybridized carbons (Fsp3) is 0.448. The van der Waals surface area contributed by atoms with Crippen LogP contribution in [0.3, 0.4) is 0 Å². The Morgan fingerprint density at radius 3 is 0.794 bits per heavy atom. The van der Waals surface area contributed by atoms with Crippen molar-refractivity contribution >= 4 is 52.5 Å². The highest BCUT2D eigenvalue weighted by Gasteiger charge is 2.25. The molecule has 3 fully saturated rings. The van der Waals surface area contributed by atoms with Gasteiger partial charge < -0.3 is 46.1 Å². The molecule has 0 aromatic heterocycles. The number of ether oxygens (including phenoxy) is 3. The van der Waals surface area contributed by atoms with Gasteiger partial charge in [-0.2, -0.15) is 0 Å². The van der Waals surface area contributed by atoms with E-state index in [1.165, 1.54) is 96.3 Å². The van der Waals surface area contributed by atoms with Crippen LogP contribution in [0.25, 0.3) is 33.4 Å². The standard InChI is InChI=1S/C87H108N6O9/c1-61(64-22-10-4-11-23-64)88-82(94)28-16-7-19-55-100-79-49-37-70(38-50-79)85(97)91-76-43-31-67(32-44-76)73-58-74(68-33-45-77(46-34-68)92-86(98)71-39-51-80(52-40-71)101-56-20-8-17-29-83(95)89-62(2)65-24-12-5-13-25-65)60-75(59-73)69-35-47-78(48-36-69)93-87(99)72-41-53-81(54-42-72)102-57-21-9-18-30-84(96)90-63(3)66-26-14-6-15-27-66/h31-54,58-66H,4-30,55-57H2,1-3H3,(H,88,94)(H,89,95)(H,90,96)(H,91,97)(H,92,98)(H,93,99)/t61-,62-,63-/m1/s1. The van der Waals surface area contributed by atoms with Crippen LogP contribution < -0.4 is 46.1 Å². The lowest BCUT2D eigenvalue weighted by atomic mass is 9.84. The highest BCUT2D eigenvalue weighted by molar-refractivity contribution is 6.06. The predicted molar refractivity (Wildman–Crippen MR) is 410 cm³/mol. The Balaban J connectivity index is 0.720. The molecule has 3 atom stereocenters. The fourth-order valence-corrected chi connectivity index (χ4v) is 14.6. The smallest absolute Gasteiger partial charge is 0.255 e. The van der Waals surface area contributed by atoms with Gasteiger partial charge >= 0.3 is 0 Å². The van der Waals surface area contributed by atoms with Gasteiger partial charge in [0.1, 0.15) is 17.2 Å². The van der Waals surface area contributed by atoms with E-state index >= 15 is 0 Å². The van der Waals surface area contributed by atoms with Gasteiger partial charge in [0, 0.05) is 71.1 Å². The molecule has 102 heavy (non-hydrogen) atoms. The monoisotopic (exact) mass is 1380 g/mol. The molecule has 6 N–H and O–H groups in total. The molecule has 15 heteroatoms. The number of amides is 6. The Kier molecular flexibility index (Phi) is 29.5. The van der Waals surface area contributed by atoms with Gasteiger partial charge in [-0.3, -0.25) is 28.8 Å². The van der Waals surface area contributed by atoms with E-state index < -0.39 is 0 Å². The van der Waals surface area contributed by atoms with Crippen LogP contribution in [0.15, 0.2) is 164 Å². The molecule has 0 spiro atoms. The van der Waals surface area contributed by atoms with Crippen LogP contribution in [0, 0.1) is 17.8 Å². The molecule has 7 aromatic carbocycles. The molecule has 15 nitrogen and oxygen atoms in total. The first-order valence-electron chi connectivity index (χ1n) is 38.2. The third kappa shape index (κ3) is 24.2. The van der Waals surface area contributed by atoms with Crippen molar-refractivity contribution in [2.75, 3.05) is 35.8 Å². The van der Waals surface area contributed by atoms with Crippen molar-refractivity contribution in [3.05, 3.63) is 180 Å². The number of carbonyl (C=O) groups is 6. The summed E-state index contributed by atoms with van der Waals surface area (Å²) in [5.74, 6) is 3.52. The number of hydrogen-bond donors (Lipinski definition) is 6. The topological polar surface area (TPSA) is 202 Å². The third-order valence-electron chi connectivity index (χ3n) is 20.9. The van der Waals surface area contributed by atoms with Crippen LogP contribution in [0.4, 0.5) is 17.1 Å². The van der Waals surface area contributed by atoms with Gasteiger partial charge in [0.05, 0.1) is 19.8 Å². The Labute approximate surface area is 605 Å². The number of unbranched alkanes of at least 4 members (excludes halogenated alkanes) is 6. The zero-order chi connectivity index (χ0) is 71.3. The van der Waals surface area contributed by atoms with Crippen LogP contribution in [0.5, 0.6) is 17.2 Å². The van der Waals surface area contributed by atoms with E-state index in [1.54, 1.807) is 36.4 Å². The van der Waals surface area contributed by atoms with E-state index in [0.717, 1.165) is 91.2 Å². The van der Waals surface area contributed by atoms with Gasteiger partial charge in [0.2, 0.25) is 17.7 Å². The lowest BCUT2D eigenvalue weighted by Gasteiger charge is -2.28. The second kappa shape index (κ2) is 39.8. The summed E-state index contributed by atoms with van der Waals surface area (Å²) in [6, 6.07) is 51.8. The average molecular weight is 1380 g/mol. The molecule has 3 aliphatic carbocycles. The van der Waals surface area contributed by atoms with Gasteiger partial charge in [0.25, 0.3) is 17.7 Å². The van der Waals surface area contributed by atoms with Crippen LogP contribution in [-0.4, -0.2) is 73.4 Å². The Morgan fingerprint density at radius 1 is 0.304 bits per heavy atom. The largest absolute Gasteiger partial charge is 0.494 e. The lowest BCUT2D eigenvalue weighted by molar-refractivity contribution is -0.123. The molecule has 0 radical (unpaired) electrons. The SMILES string of the molecule is C[C@@H](NC(=O)CCCCCOc1ccc(C(=O)Nc2ccc(-c3cc(-c4ccc(NC(=O)c5ccc(OCCCCCC(=O)N[C@H](C)C6CCCCC6)cc5)cc4)cc(-c4ccc(NC(=O)c5ccc(OCCCCCC(=O)N[C@H](C)C6CCCCC6)cc5)cc4)c3)cc2)cc1)C1CCCCC1. The summed E-state index contributed by atoms with van der Waals surface area (Å²) in [5.41, 5.74) is 9.02. The maximum Gasteiger partial charge on any atom is 0.255 e. The molecule has 0 unspecified atom stereocenters. The molecule has 6 amide bonds. The highest BCUT2D eigenvalue weighted by atomic mass is 16.5. The first kappa shape index (κ1) is 75.4. The van der Waals surface area contributed by atoms with Crippen LogP contribution >= 0.6 is 0 Å². The molecule has 3 aliphatic rings. The van der Waals surface area contributed by atoms with Crippen molar-refractivity contribution in [1.82, 2.24) is 16.0 Å². The number of nitrogens with one attached hydrogen (secondary N) is 6. The normalized spacial score (nSPS) is 15.2. The van der Waals surface area contributed by atoms with Crippen molar-refractivity contribution < 1.29 is 43.0 Å². The minimum Gasteiger partial charge on any atom is -0.494 e. The van der Waals surface area contributed by atoms with E-state index in [-0.39, 0.29) is 53.6 Å². The summed E-state index contributed by atoms with van der Waals surface area (Å²) in [6.07, 6.45) is 28.0. The Hall–Kier alpha value is -9.24. The van der Waals surface area contributed by atoms with Crippen molar-refractivity contribution in [3.8, 4) is 50.6 Å². The first-order valence-corrected chi connectivity index (χ1v) is 38.2. The second-order valence-electron chi connectivity index (χ2n) is 28.7. The summed E-state index contributed by atoms with van der Waals surface area (Å²) in [4.78, 5) is 78.4. The summed E-state index contributed by atoms with van der Waals surface area (Å²) in [7, 11) is 0. The van der Waals surface area contributed by atoms with Crippen molar-refractivity contribution in [2.24, 2.45) is 17.8 Å². The van der Waals surface area contributed by atoms with Gasteiger partial charge in [0.15, 0.2) is 0 Å². The zero-order valence-electron chi connectivity index (χ0n) is 60.4. The second-order valence-corrected chi connectivity index (χ2v) is 28.7. The van der Waals surface area contributed by atoms with Crippen LogP contribution in [0.1, 0.15) is 225 Å². The summed E-state index contributed by atoms with van der Waals surface area (Å²) < 4.78 is 18.0. The fourth-order valence-electron chi connectivity index (χ4n) is 14.6. The van der Waals surface area contributed by atoms with E-state index in [4.69, 9.17) is 14.2 Å². The molecular formula is C87H108N6O9. The lowest BCUT2D eigenvalue weighted by Crippen LogP contribution is -2.38. The van der Waals surface area contributed by atoms with Crippen molar-refractivity contribution in [1.29, 1.82) is 0 Å². The van der Waals surface area contributed by atoms with E-state index in [1.807, 2.05) is 109 Å². The maximum atomic E-state index is 13.5. The van der Waals surface area contributed by atoms with Crippen LogP contribution in [0.2, 0.25) is 0 Å². The van der Waals surface area contributed by atoms with E-state index in [2.05, 4.69) is 70.9 Å². The third-order valence-corrected chi connectivity index (χ3v) is 20.9. The minimum atomic E-state index is -0.244. The number of rotatable bonds is 36. The summed E-state index contributed by atoms with van der Waals surface area (Å²) >= 11 is 0. The highest BCUT2D eigenvalue weighted by Crippen LogP contribution is 2.36. The predicted octanol–water partition coefficient (Wildman–Crippen LogP) is 19.5. The summed E-state index contributed by atoms with van der Waals surface area (Å²) in [6.45, 7) is 8.02. The van der Waals surface area contributed by atoms with Gasteiger partial charge in [-0.05, 0) is 296 Å². The van der Waals surface area contributed by atoms with Crippen molar-refractivity contribution in [3.63, 3.8) is 0 Å². The van der Waals surface area contributed by atoms with Crippen LogP contribution in [-0.2, 0) is 14.4 Å². The molecule has 0 bridgehead atoms. The number of anilines is 3. The molecular weight excluding hydrogens is 1270 g/mol. The number of carbonyl (C=O) groups excluding carboxylic acids is 6. The molecule has 0 aliphatic heterocycles. The zero-order valence-corrected chi connectivity index (χ0v) is 60.4. The van der Waals surface area contributed by atoms with Gasteiger partial charge in [-0.1, -0.05) is 94.2 Å². The maximum absolute atomic E-state index is 13.5. The van der Waals surface area contributed by atoms with Gasteiger partial charge in [-0.25, -0.2) is 0 Å². The Bertz CT molecular complexity index is 3360. The quantitative estimate of drug-likeness (QED) is 0.0207. The molecule has 0 heterocycles. The molecule has 10 rings (SSSR count).